The van der Waals surface area contributed by atoms with Gasteiger partial charge >= 0.3 is 0 Å². The Morgan fingerprint density at radius 1 is 0.939 bits per heavy atom. The van der Waals surface area contributed by atoms with Gasteiger partial charge in [-0.05, 0) is 48.5 Å². The van der Waals surface area contributed by atoms with Gasteiger partial charge in [-0.1, -0.05) is 0 Å². The maximum atomic E-state index is 12.9. The molecule has 0 N–H and O–H groups in total. The van der Waals surface area contributed by atoms with Crippen LogP contribution in [0.4, 0.5) is 11.4 Å². The van der Waals surface area contributed by atoms with Gasteiger partial charge in [-0.3, -0.25) is 13.9 Å². The summed E-state index contributed by atoms with van der Waals surface area (Å²) in [6, 6.07) is 14.0. The first-order valence-corrected chi connectivity index (χ1v) is 12.4. The van der Waals surface area contributed by atoms with Crippen molar-refractivity contribution in [1.29, 1.82) is 0 Å². The molecule has 0 atom stereocenters. The third kappa shape index (κ3) is 5.95. The molecule has 2 aromatic carbocycles. The number of hydrogen-bond donors (Lipinski definition) is 0. The van der Waals surface area contributed by atoms with E-state index in [0.717, 1.165) is 22.0 Å². The van der Waals surface area contributed by atoms with Gasteiger partial charge in [0.2, 0.25) is 15.9 Å². The Kier molecular flexibility index (Phi) is 7.47. The highest BCUT2D eigenvalue weighted by Gasteiger charge is 2.27. The molecule has 0 bridgehead atoms. The highest BCUT2D eigenvalue weighted by Crippen LogP contribution is 2.22. The summed E-state index contributed by atoms with van der Waals surface area (Å²) in [5, 5.41) is 0. The second-order valence-corrected chi connectivity index (χ2v) is 9.99. The van der Waals surface area contributed by atoms with Crippen molar-refractivity contribution in [3.05, 3.63) is 54.1 Å². The smallest absolute Gasteiger partial charge is 0.253 e. The molecule has 9 nitrogen and oxygen atoms in total. The minimum Gasteiger partial charge on any atom is -0.497 e. The van der Waals surface area contributed by atoms with Crippen molar-refractivity contribution in [2.24, 2.45) is 0 Å². The lowest BCUT2D eigenvalue weighted by Gasteiger charge is -2.37. The first-order valence-electron chi connectivity index (χ1n) is 10.6. The third-order valence-corrected chi connectivity index (χ3v) is 6.70. The van der Waals surface area contributed by atoms with Gasteiger partial charge in [-0.2, -0.15) is 0 Å². The highest BCUT2D eigenvalue weighted by molar-refractivity contribution is 7.92. The molecule has 0 unspecified atom stereocenters. The van der Waals surface area contributed by atoms with Crippen molar-refractivity contribution < 1.29 is 22.7 Å². The first-order chi connectivity index (χ1) is 15.6. The zero-order valence-corrected chi connectivity index (χ0v) is 20.2. The van der Waals surface area contributed by atoms with E-state index >= 15 is 0 Å². The first kappa shape index (κ1) is 24.4. The lowest BCUT2D eigenvalue weighted by atomic mass is 10.2. The summed E-state index contributed by atoms with van der Waals surface area (Å²) < 4.78 is 31.1. The summed E-state index contributed by atoms with van der Waals surface area (Å²) in [5.41, 5.74) is 1.84. The summed E-state index contributed by atoms with van der Waals surface area (Å²) in [6.45, 7) is 2.01. The minimum atomic E-state index is -3.69. The average molecular weight is 475 g/mol. The minimum absolute atomic E-state index is 0.182. The van der Waals surface area contributed by atoms with E-state index in [-0.39, 0.29) is 18.4 Å². The predicted molar refractivity (Wildman–Crippen MR) is 128 cm³/mol. The molecule has 1 heterocycles. The monoisotopic (exact) mass is 474 g/mol. The second-order valence-electron chi connectivity index (χ2n) is 8.08. The van der Waals surface area contributed by atoms with Gasteiger partial charge in [-0.25, -0.2) is 8.42 Å². The molecule has 0 saturated carbocycles. The van der Waals surface area contributed by atoms with Gasteiger partial charge in [0.15, 0.2) is 0 Å². The zero-order valence-electron chi connectivity index (χ0n) is 19.4. The number of benzene rings is 2. The molecule has 2 aromatic rings. The maximum Gasteiger partial charge on any atom is 0.253 e. The predicted octanol–water partition coefficient (Wildman–Crippen LogP) is 1.51. The molecule has 0 aromatic heterocycles. The van der Waals surface area contributed by atoms with E-state index in [1.165, 1.54) is 4.90 Å². The summed E-state index contributed by atoms with van der Waals surface area (Å²) in [5.74, 6) is 0.342. The lowest BCUT2D eigenvalue weighted by molar-refractivity contribution is -0.129. The molecule has 1 fully saturated rings. The van der Waals surface area contributed by atoms with Crippen LogP contribution >= 0.6 is 0 Å². The van der Waals surface area contributed by atoms with Crippen LogP contribution in [-0.4, -0.2) is 90.2 Å². The van der Waals surface area contributed by atoms with Gasteiger partial charge in [0.05, 0.1) is 19.1 Å². The molecular weight excluding hydrogens is 444 g/mol. The average Bonchev–Trinajstić information content (AvgIpc) is 2.81. The van der Waals surface area contributed by atoms with Crippen LogP contribution in [0.15, 0.2) is 48.5 Å². The molecule has 0 aliphatic carbocycles. The number of nitrogens with zero attached hydrogens (tertiary/aromatic N) is 4. The standard InChI is InChI=1S/C23H30N4O5S/c1-24(2)23(29)18-5-7-20(8-6-18)27(33(4,30)31)17-22(28)26-15-13-25(14-16-26)19-9-11-21(32-3)12-10-19/h5-12H,13-17H2,1-4H3. The van der Waals surface area contributed by atoms with Crippen molar-refractivity contribution in [3.8, 4) is 5.75 Å². The molecule has 33 heavy (non-hydrogen) atoms. The molecule has 1 aliphatic rings. The van der Waals surface area contributed by atoms with Crippen LogP contribution in [0, 0.1) is 0 Å². The largest absolute Gasteiger partial charge is 0.497 e. The van der Waals surface area contributed by atoms with Gasteiger partial charge < -0.3 is 19.4 Å². The normalized spacial score (nSPS) is 14.1. The Bertz CT molecular complexity index is 1080. The van der Waals surface area contributed by atoms with Crippen molar-refractivity contribution in [2.75, 3.05) is 69.4 Å². The van der Waals surface area contributed by atoms with Crippen LogP contribution in [-0.2, 0) is 14.8 Å². The van der Waals surface area contributed by atoms with Crippen molar-refractivity contribution in [1.82, 2.24) is 9.80 Å². The van der Waals surface area contributed by atoms with E-state index in [4.69, 9.17) is 4.74 Å². The number of carbonyl (C=O) groups excluding carboxylic acids is 2. The summed E-state index contributed by atoms with van der Waals surface area (Å²) >= 11 is 0. The molecule has 3 rings (SSSR count). The van der Waals surface area contributed by atoms with Crippen LogP contribution in [0.3, 0.4) is 0 Å². The molecule has 1 aliphatic heterocycles. The fourth-order valence-electron chi connectivity index (χ4n) is 3.66. The van der Waals surface area contributed by atoms with Crippen molar-refractivity contribution in [3.63, 3.8) is 0 Å². The number of carbonyl (C=O) groups is 2. The number of ether oxygens (including phenoxy) is 1. The fraction of sp³-hybridized carbons (Fsp3) is 0.391. The molecular formula is C23H30N4O5S. The topological polar surface area (TPSA) is 90.5 Å². The van der Waals surface area contributed by atoms with E-state index < -0.39 is 10.0 Å². The summed E-state index contributed by atoms with van der Waals surface area (Å²) in [4.78, 5) is 30.3. The Morgan fingerprint density at radius 2 is 1.52 bits per heavy atom. The molecule has 0 spiro atoms. The van der Waals surface area contributed by atoms with Crippen LogP contribution in [0.25, 0.3) is 0 Å². The highest BCUT2D eigenvalue weighted by atomic mass is 32.2. The Hall–Kier alpha value is -3.27. The van der Waals surface area contributed by atoms with Crippen LogP contribution < -0.4 is 13.9 Å². The SMILES string of the molecule is COc1ccc(N2CCN(C(=O)CN(c3ccc(C(=O)N(C)C)cc3)S(C)(=O)=O)CC2)cc1. The van der Waals surface area contributed by atoms with Crippen molar-refractivity contribution in [2.45, 2.75) is 0 Å². The van der Waals surface area contributed by atoms with Crippen LogP contribution in [0.5, 0.6) is 5.75 Å². The maximum absolute atomic E-state index is 12.9. The number of piperazine rings is 1. The summed E-state index contributed by atoms with van der Waals surface area (Å²) in [6.07, 6.45) is 1.07. The van der Waals surface area contributed by atoms with Gasteiger partial charge in [0.1, 0.15) is 12.3 Å². The number of amides is 2. The zero-order chi connectivity index (χ0) is 24.2. The van der Waals surface area contributed by atoms with E-state index in [1.807, 2.05) is 24.3 Å². The van der Waals surface area contributed by atoms with Gasteiger partial charge in [0, 0.05) is 51.5 Å². The molecule has 2 amide bonds. The number of rotatable bonds is 7. The fourth-order valence-corrected chi connectivity index (χ4v) is 4.51. The third-order valence-electron chi connectivity index (χ3n) is 5.56. The number of methoxy groups -OCH3 is 1. The lowest BCUT2D eigenvalue weighted by Crippen LogP contribution is -2.52. The Morgan fingerprint density at radius 3 is 2.00 bits per heavy atom. The molecule has 0 radical (unpaired) electrons. The van der Waals surface area contributed by atoms with Gasteiger partial charge in [0.25, 0.3) is 5.91 Å². The van der Waals surface area contributed by atoms with E-state index in [0.29, 0.717) is 37.4 Å². The number of sulfonamides is 1. The van der Waals surface area contributed by atoms with E-state index in [1.54, 1.807) is 50.4 Å². The number of hydrogen-bond acceptors (Lipinski definition) is 6. The van der Waals surface area contributed by atoms with E-state index in [2.05, 4.69) is 4.90 Å². The second kappa shape index (κ2) is 10.1. The molecule has 1 saturated heterocycles. The molecule has 178 valence electrons. The Labute approximate surface area is 195 Å². The van der Waals surface area contributed by atoms with E-state index in [9.17, 15) is 18.0 Å². The summed E-state index contributed by atoms with van der Waals surface area (Å²) in [7, 11) is 1.22. The Balaban J connectivity index is 1.65. The van der Waals surface area contributed by atoms with Crippen molar-refractivity contribution >= 4 is 33.2 Å². The quantitative estimate of drug-likeness (QED) is 0.604. The van der Waals surface area contributed by atoms with Crippen LogP contribution in [0.2, 0.25) is 0 Å². The van der Waals surface area contributed by atoms with Crippen LogP contribution in [0.1, 0.15) is 10.4 Å². The molecule has 10 heteroatoms. The number of anilines is 2. The van der Waals surface area contributed by atoms with Gasteiger partial charge in [-0.15, -0.1) is 0 Å².